The van der Waals surface area contributed by atoms with Crippen molar-refractivity contribution in [2.24, 2.45) is 0 Å². The molecular formula is C24H23NO7S2. The summed E-state index contributed by atoms with van der Waals surface area (Å²) in [6, 6.07) is 13.8. The molecule has 1 aliphatic heterocycles. The Kier molecular flexibility index (Phi) is 6.03. The lowest BCUT2D eigenvalue weighted by Crippen LogP contribution is -2.23. The summed E-state index contributed by atoms with van der Waals surface area (Å²) in [5.41, 5.74) is 1.96. The van der Waals surface area contributed by atoms with Crippen LogP contribution in [-0.2, 0) is 20.2 Å². The zero-order valence-corrected chi connectivity index (χ0v) is 20.1. The van der Waals surface area contributed by atoms with E-state index in [0.29, 0.717) is 33.1 Å². The lowest BCUT2D eigenvalue weighted by Gasteiger charge is -2.26. The van der Waals surface area contributed by atoms with E-state index >= 15 is 0 Å². The monoisotopic (exact) mass is 501 g/mol. The van der Waals surface area contributed by atoms with Crippen LogP contribution in [-0.4, -0.2) is 39.0 Å². The van der Waals surface area contributed by atoms with Crippen LogP contribution in [0, 0.1) is 0 Å². The van der Waals surface area contributed by atoms with E-state index in [1.165, 1.54) is 6.07 Å². The third-order valence-corrected chi connectivity index (χ3v) is 7.44. The molecule has 0 bridgehead atoms. The van der Waals surface area contributed by atoms with Gasteiger partial charge in [-0.1, -0.05) is 24.8 Å². The Balaban J connectivity index is 2.10. The first-order valence-corrected chi connectivity index (χ1v) is 13.3. The maximum absolute atomic E-state index is 12.3. The first kappa shape index (κ1) is 24.0. The molecule has 1 aliphatic rings. The molecule has 10 heteroatoms. The van der Waals surface area contributed by atoms with E-state index in [1.807, 2.05) is 26.0 Å². The quantitative estimate of drug-likeness (QED) is 0.387. The third-order valence-electron chi connectivity index (χ3n) is 5.70. The smallest absolute Gasteiger partial charge is 0.295 e. The number of anilines is 1. The first-order chi connectivity index (χ1) is 15.9. The first-order valence-electron chi connectivity index (χ1n) is 10.4. The fourth-order valence-corrected chi connectivity index (χ4v) is 5.39. The van der Waals surface area contributed by atoms with Crippen LogP contribution in [0.3, 0.4) is 0 Å². The van der Waals surface area contributed by atoms with Gasteiger partial charge in [-0.15, -0.1) is 0 Å². The van der Waals surface area contributed by atoms with Crippen molar-refractivity contribution in [3.63, 3.8) is 0 Å². The molecule has 0 aromatic heterocycles. The van der Waals surface area contributed by atoms with E-state index in [-0.39, 0.29) is 5.56 Å². The van der Waals surface area contributed by atoms with Crippen molar-refractivity contribution in [1.82, 2.24) is 0 Å². The van der Waals surface area contributed by atoms with Gasteiger partial charge in [0.1, 0.15) is 16.4 Å². The molecule has 0 saturated carbocycles. The van der Waals surface area contributed by atoms with Crippen LogP contribution >= 0.6 is 0 Å². The molecule has 0 spiro atoms. The average Bonchev–Trinajstić information content (AvgIpc) is 2.76. The van der Waals surface area contributed by atoms with E-state index < -0.39 is 30.0 Å². The van der Waals surface area contributed by atoms with E-state index in [1.54, 1.807) is 24.3 Å². The van der Waals surface area contributed by atoms with Gasteiger partial charge in [-0.2, -0.15) is 16.8 Å². The van der Waals surface area contributed by atoms with Crippen LogP contribution in [0.5, 0.6) is 11.5 Å². The van der Waals surface area contributed by atoms with Crippen LogP contribution in [0.25, 0.3) is 12.2 Å². The zero-order valence-electron chi connectivity index (χ0n) is 18.5. The van der Waals surface area contributed by atoms with E-state index in [2.05, 4.69) is 11.5 Å². The van der Waals surface area contributed by atoms with Crippen molar-refractivity contribution >= 4 is 38.1 Å². The van der Waals surface area contributed by atoms with E-state index in [0.717, 1.165) is 30.9 Å². The second-order valence-corrected chi connectivity index (χ2v) is 10.6. The molecule has 1 heterocycles. The molecule has 3 aromatic carbocycles. The number of nitrogens with zero attached hydrogens (tertiary/aromatic N) is 1. The molecule has 0 aliphatic carbocycles. The molecule has 0 amide bonds. The lowest BCUT2D eigenvalue weighted by molar-refractivity contribution is 0.470. The molecule has 3 aromatic rings. The summed E-state index contributed by atoms with van der Waals surface area (Å²) in [5, 5.41) is 1.22. The maximum Gasteiger partial charge on any atom is 0.295 e. The van der Waals surface area contributed by atoms with Crippen LogP contribution in [0.15, 0.2) is 64.4 Å². The van der Waals surface area contributed by atoms with Crippen LogP contribution in [0.2, 0.25) is 0 Å². The fraction of sp³-hybridized carbons (Fsp3) is 0.167. The number of fused-ring (bicyclic) bond motifs is 2. The van der Waals surface area contributed by atoms with Crippen LogP contribution < -0.4 is 20.1 Å². The van der Waals surface area contributed by atoms with E-state index in [9.17, 15) is 25.9 Å². The summed E-state index contributed by atoms with van der Waals surface area (Å²) in [7, 11) is -9.57. The molecule has 0 fully saturated rings. The summed E-state index contributed by atoms with van der Waals surface area (Å²) in [6.07, 6.45) is 0. The Morgan fingerprint density at radius 2 is 1.50 bits per heavy atom. The van der Waals surface area contributed by atoms with Gasteiger partial charge in [0.2, 0.25) is 0 Å². The highest BCUT2D eigenvalue weighted by molar-refractivity contribution is 7.86. The van der Waals surface area contributed by atoms with Gasteiger partial charge in [0.05, 0.1) is 4.90 Å². The number of hydrogen-bond acceptors (Lipinski definition) is 6. The Hall–Kier alpha value is -3.18. The van der Waals surface area contributed by atoms with Gasteiger partial charge in [-0.25, -0.2) is 0 Å². The molecule has 0 saturated heterocycles. The summed E-state index contributed by atoms with van der Waals surface area (Å²) in [5.74, 6) is 0.907. The van der Waals surface area contributed by atoms with Crippen molar-refractivity contribution in [2.75, 3.05) is 18.0 Å². The van der Waals surface area contributed by atoms with Crippen LogP contribution in [0.1, 0.15) is 25.0 Å². The molecule has 34 heavy (non-hydrogen) atoms. The molecule has 0 unspecified atom stereocenters. The lowest BCUT2D eigenvalue weighted by atomic mass is 9.92. The molecule has 2 N–H and O–H groups in total. The van der Waals surface area contributed by atoms with Gasteiger partial charge >= 0.3 is 0 Å². The van der Waals surface area contributed by atoms with Crippen molar-refractivity contribution in [3.8, 4) is 11.5 Å². The highest BCUT2D eigenvalue weighted by Gasteiger charge is 2.27. The average molecular weight is 502 g/mol. The number of hydrogen-bond donors (Lipinski definition) is 2. The van der Waals surface area contributed by atoms with Gasteiger partial charge < -0.3 is 9.64 Å². The molecular weight excluding hydrogens is 478 g/mol. The van der Waals surface area contributed by atoms with Crippen molar-refractivity contribution in [1.29, 1.82) is 0 Å². The number of rotatable bonds is 6. The molecule has 0 radical (unpaired) electrons. The summed E-state index contributed by atoms with van der Waals surface area (Å²) in [6.45, 7) is 9.53. The van der Waals surface area contributed by atoms with Crippen molar-refractivity contribution in [2.45, 2.75) is 23.6 Å². The number of benzene rings is 3. The van der Waals surface area contributed by atoms with Gasteiger partial charge in [-0.3, -0.25) is 9.11 Å². The largest absolute Gasteiger partial charge is 0.456 e. The highest BCUT2D eigenvalue weighted by Crippen LogP contribution is 2.40. The molecule has 4 rings (SSSR count). The summed E-state index contributed by atoms with van der Waals surface area (Å²) >= 11 is 0. The van der Waals surface area contributed by atoms with Gasteiger partial charge in [0.15, 0.2) is 0 Å². The second kappa shape index (κ2) is 8.55. The minimum absolute atomic E-state index is 0.0631. The van der Waals surface area contributed by atoms with Gasteiger partial charge in [0.25, 0.3) is 20.2 Å². The summed E-state index contributed by atoms with van der Waals surface area (Å²) in [4.78, 5) is 0.825. The van der Waals surface area contributed by atoms with Crippen molar-refractivity contribution in [3.05, 3.63) is 76.2 Å². The molecule has 0 atom stereocenters. The minimum atomic E-state index is -4.87. The normalized spacial score (nSPS) is 13.1. The second-order valence-electron chi connectivity index (χ2n) is 7.77. The summed E-state index contributed by atoms with van der Waals surface area (Å²) < 4.78 is 73.4. The minimum Gasteiger partial charge on any atom is -0.456 e. The van der Waals surface area contributed by atoms with Crippen molar-refractivity contribution < 1.29 is 30.7 Å². The predicted molar refractivity (Wildman–Crippen MR) is 129 cm³/mol. The third kappa shape index (κ3) is 4.32. The Morgan fingerprint density at radius 3 is 2.12 bits per heavy atom. The highest BCUT2D eigenvalue weighted by atomic mass is 32.2. The Labute approximate surface area is 197 Å². The molecule has 8 nitrogen and oxygen atoms in total. The zero-order chi connectivity index (χ0) is 24.8. The van der Waals surface area contributed by atoms with E-state index in [4.69, 9.17) is 4.74 Å². The Bertz CT molecular complexity index is 1620. The van der Waals surface area contributed by atoms with Gasteiger partial charge in [0, 0.05) is 46.8 Å². The fourth-order valence-electron chi connectivity index (χ4n) is 4.08. The number of ether oxygens (including phenoxy) is 1. The standard InChI is InChI=1S/C24H23NO7S2/c1-4-25(5-2)16-7-10-19-22(13-16)32-21-12-15(3)6-9-18(21)24(19)20-11-8-17(33(26,27)28)14-23(20)34(29,30)31/h6-14H,3-5H2,1-2H3,(H,26,27,28)(H,29,30,31). The Morgan fingerprint density at radius 1 is 0.824 bits per heavy atom. The predicted octanol–water partition coefficient (Wildman–Crippen LogP) is 2.79. The van der Waals surface area contributed by atoms with Crippen LogP contribution in [0.4, 0.5) is 5.69 Å². The van der Waals surface area contributed by atoms with Gasteiger partial charge in [-0.05, 0) is 49.4 Å². The maximum atomic E-state index is 12.3. The SMILES string of the molecule is C=c1ccc2c(c1)Oc1cc(N(CC)CC)ccc1C=2c1ccc(S(=O)(=O)O)cc1S(=O)(=O)O. The molecule has 178 valence electrons. The topological polar surface area (TPSA) is 121 Å².